The number of nitrogens with two attached hydrogens (primary N) is 1. The Labute approximate surface area is 109 Å². The van der Waals surface area contributed by atoms with Crippen molar-refractivity contribution in [3.05, 3.63) is 22.7 Å². The number of hydrogen-bond acceptors (Lipinski definition) is 2. The lowest BCUT2D eigenvalue weighted by atomic mass is 9.80. The molecule has 1 unspecified atom stereocenters. The van der Waals surface area contributed by atoms with Gasteiger partial charge in [0.25, 0.3) is 0 Å². The van der Waals surface area contributed by atoms with E-state index in [4.69, 9.17) is 5.73 Å². The first-order chi connectivity index (χ1) is 8.16. The molecule has 1 atom stereocenters. The second-order valence-corrected chi connectivity index (χ2v) is 5.82. The average Bonchev–Trinajstić information content (AvgIpc) is 2.50. The molecule has 90 valence electrons. The molecule has 4 heteroatoms. The van der Waals surface area contributed by atoms with Gasteiger partial charge in [-0.15, -0.1) is 0 Å². The number of halogens is 1. The molecule has 1 aliphatic rings. The fraction of sp³-hybridized carbons (Fsp3) is 0.462. The van der Waals surface area contributed by atoms with Gasteiger partial charge >= 0.3 is 0 Å². The van der Waals surface area contributed by atoms with E-state index in [9.17, 15) is 0 Å². The van der Waals surface area contributed by atoms with Crippen LogP contribution in [0.3, 0.4) is 0 Å². The van der Waals surface area contributed by atoms with Crippen molar-refractivity contribution >= 4 is 32.9 Å². The van der Waals surface area contributed by atoms with Crippen LogP contribution in [0.1, 0.15) is 32.2 Å². The molecule has 0 radical (unpaired) electrons. The Balaban J connectivity index is 2.13. The lowest BCUT2D eigenvalue weighted by Gasteiger charge is -2.33. The maximum Gasteiger partial charge on any atom is 0.201 e. The van der Waals surface area contributed by atoms with Gasteiger partial charge in [0.2, 0.25) is 5.95 Å². The lowest BCUT2D eigenvalue weighted by molar-refractivity contribution is 0.227. The van der Waals surface area contributed by atoms with Crippen LogP contribution in [-0.2, 0) is 0 Å². The topological polar surface area (TPSA) is 43.8 Å². The molecule has 0 saturated heterocycles. The van der Waals surface area contributed by atoms with E-state index in [1.165, 1.54) is 19.3 Å². The van der Waals surface area contributed by atoms with Crippen molar-refractivity contribution < 1.29 is 0 Å². The molecule has 0 aliphatic heterocycles. The maximum atomic E-state index is 6.06. The number of nitrogens with zero attached hydrogens (tertiary/aromatic N) is 2. The van der Waals surface area contributed by atoms with E-state index in [1.54, 1.807) is 0 Å². The predicted octanol–water partition coefficient (Wildman–Crippen LogP) is 3.74. The van der Waals surface area contributed by atoms with E-state index < -0.39 is 0 Å². The molecule has 2 aromatic rings. The van der Waals surface area contributed by atoms with Gasteiger partial charge in [-0.25, -0.2) is 4.98 Å². The van der Waals surface area contributed by atoms with Gasteiger partial charge < -0.3 is 10.3 Å². The van der Waals surface area contributed by atoms with Crippen LogP contribution >= 0.6 is 15.9 Å². The number of benzene rings is 1. The molecule has 1 saturated carbocycles. The summed E-state index contributed by atoms with van der Waals surface area (Å²) in [4.78, 5) is 4.44. The smallest absolute Gasteiger partial charge is 0.201 e. The summed E-state index contributed by atoms with van der Waals surface area (Å²) in [6.45, 7) is 2.25. The molecule has 1 aliphatic carbocycles. The van der Waals surface area contributed by atoms with Crippen LogP contribution in [0.5, 0.6) is 0 Å². The van der Waals surface area contributed by atoms with Crippen LogP contribution in [0.2, 0.25) is 0 Å². The number of anilines is 1. The van der Waals surface area contributed by atoms with Crippen molar-refractivity contribution in [2.24, 2.45) is 5.92 Å². The van der Waals surface area contributed by atoms with E-state index >= 15 is 0 Å². The average molecular weight is 294 g/mol. The summed E-state index contributed by atoms with van der Waals surface area (Å²) in [5, 5.41) is 0. The monoisotopic (exact) mass is 293 g/mol. The van der Waals surface area contributed by atoms with Gasteiger partial charge in [0.15, 0.2) is 0 Å². The fourth-order valence-electron chi connectivity index (χ4n) is 2.65. The van der Waals surface area contributed by atoms with Crippen LogP contribution < -0.4 is 5.73 Å². The second kappa shape index (κ2) is 4.02. The number of aromatic nitrogens is 2. The lowest BCUT2D eigenvalue weighted by Crippen LogP contribution is -2.23. The quantitative estimate of drug-likeness (QED) is 0.917. The highest BCUT2D eigenvalue weighted by Crippen LogP contribution is 2.39. The number of rotatable bonds is 2. The van der Waals surface area contributed by atoms with Crippen LogP contribution in [0.25, 0.3) is 11.0 Å². The third-order valence-electron chi connectivity index (χ3n) is 3.92. The summed E-state index contributed by atoms with van der Waals surface area (Å²) in [5.41, 5.74) is 8.18. The molecule has 0 spiro atoms. The SMILES string of the molecule is CC(C1CCC1)n1c(N)nc2ccc(Br)cc21. The first-order valence-corrected chi connectivity index (χ1v) is 6.89. The summed E-state index contributed by atoms with van der Waals surface area (Å²) < 4.78 is 3.26. The highest BCUT2D eigenvalue weighted by molar-refractivity contribution is 9.10. The molecule has 1 aromatic carbocycles. The molecule has 3 rings (SSSR count). The van der Waals surface area contributed by atoms with E-state index in [2.05, 4.69) is 38.5 Å². The molecule has 0 amide bonds. The zero-order valence-corrected chi connectivity index (χ0v) is 11.4. The molecule has 1 heterocycles. The summed E-state index contributed by atoms with van der Waals surface area (Å²) >= 11 is 3.51. The summed E-state index contributed by atoms with van der Waals surface area (Å²) in [6, 6.07) is 6.57. The van der Waals surface area contributed by atoms with E-state index in [-0.39, 0.29) is 0 Å². The Bertz CT molecular complexity index is 557. The Morgan fingerprint density at radius 3 is 2.88 bits per heavy atom. The molecule has 17 heavy (non-hydrogen) atoms. The van der Waals surface area contributed by atoms with Gasteiger partial charge in [0.1, 0.15) is 0 Å². The normalized spacial score (nSPS) is 18.2. The standard InChI is InChI=1S/C13H16BrN3/c1-8(9-3-2-4-9)17-12-7-10(14)5-6-11(12)16-13(17)15/h5-9H,2-4H2,1H3,(H2,15,16). The molecular weight excluding hydrogens is 278 g/mol. The van der Waals surface area contributed by atoms with Crippen molar-refractivity contribution in [1.29, 1.82) is 0 Å². The molecule has 1 aromatic heterocycles. The van der Waals surface area contributed by atoms with E-state index in [0.717, 1.165) is 21.4 Å². The molecule has 2 N–H and O–H groups in total. The Hall–Kier alpha value is -1.03. The highest BCUT2D eigenvalue weighted by atomic mass is 79.9. The minimum Gasteiger partial charge on any atom is -0.369 e. The predicted molar refractivity (Wildman–Crippen MR) is 73.9 cm³/mol. The minimum atomic E-state index is 0.447. The number of nitrogen functional groups attached to an aromatic ring is 1. The third-order valence-corrected chi connectivity index (χ3v) is 4.41. The zero-order chi connectivity index (χ0) is 12.0. The Kier molecular flexibility index (Phi) is 2.62. The van der Waals surface area contributed by atoms with Crippen molar-refractivity contribution in [2.75, 3.05) is 5.73 Å². The first-order valence-electron chi connectivity index (χ1n) is 6.10. The van der Waals surface area contributed by atoms with Crippen LogP contribution in [-0.4, -0.2) is 9.55 Å². The minimum absolute atomic E-state index is 0.447. The molecule has 3 nitrogen and oxygen atoms in total. The van der Waals surface area contributed by atoms with Crippen molar-refractivity contribution in [2.45, 2.75) is 32.2 Å². The number of hydrogen-bond donors (Lipinski definition) is 1. The van der Waals surface area contributed by atoms with Crippen molar-refractivity contribution in [3.63, 3.8) is 0 Å². The summed E-state index contributed by atoms with van der Waals surface area (Å²) in [5.74, 6) is 1.39. The van der Waals surface area contributed by atoms with Gasteiger partial charge in [-0.3, -0.25) is 0 Å². The first kappa shape index (κ1) is 11.1. The van der Waals surface area contributed by atoms with Gasteiger partial charge in [-0.2, -0.15) is 0 Å². The zero-order valence-electron chi connectivity index (χ0n) is 9.86. The Morgan fingerprint density at radius 1 is 1.47 bits per heavy atom. The van der Waals surface area contributed by atoms with Crippen LogP contribution in [0, 0.1) is 5.92 Å². The molecule has 0 bridgehead atoms. The van der Waals surface area contributed by atoms with E-state index in [1.807, 2.05) is 12.1 Å². The van der Waals surface area contributed by atoms with Crippen LogP contribution in [0.15, 0.2) is 22.7 Å². The largest absolute Gasteiger partial charge is 0.369 e. The molecular formula is C13H16BrN3. The second-order valence-electron chi connectivity index (χ2n) is 4.90. The van der Waals surface area contributed by atoms with Crippen molar-refractivity contribution in [1.82, 2.24) is 9.55 Å². The van der Waals surface area contributed by atoms with Gasteiger partial charge in [-0.1, -0.05) is 22.4 Å². The summed E-state index contributed by atoms with van der Waals surface area (Å²) in [7, 11) is 0. The number of imidazole rings is 1. The number of fused-ring (bicyclic) bond motifs is 1. The van der Waals surface area contributed by atoms with Gasteiger partial charge in [-0.05, 0) is 43.9 Å². The Morgan fingerprint density at radius 2 is 2.24 bits per heavy atom. The molecule has 1 fully saturated rings. The summed E-state index contributed by atoms with van der Waals surface area (Å²) in [6.07, 6.45) is 3.98. The maximum absolute atomic E-state index is 6.06. The van der Waals surface area contributed by atoms with Gasteiger partial charge in [0, 0.05) is 10.5 Å². The van der Waals surface area contributed by atoms with Crippen LogP contribution in [0.4, 0.5) is 5.95 Å². The van der Waals surface area contributed by atoms with Gasteiger partial charge in [0.05, 0.1) is 11.0 Å². The van der Waals surface area contributed by atoms with E-state index in [0.29, 0.717) is 12.0 Å². The van der Waals surface area contributed by atoms with Crippen molar-refractivity contribution in [3.8, 4) is 0 Å². The fourth-order valence-corrected chi connectivity index (χ4v) is 2.99. The third kappa shape index (κ3) is 1.75. The highest BCUT2D eigenvalue weighted by Gasteiger charge is 2.27.